The first-order valence-corrected chi connectivity index (χ1v) is 11.2. The molecule has 0 aliphatic rings. The molecule has 144 valence electrons. The van der Waals surface area contributed by atoms with E-state index in [0.717, 1.165) is 40.3 Å². The molecule has 0 amide bonds. The van der Waals surface area contributed by atoms with Gasteiger partial charge in [-0.15, -0.1) is 22.7 Å². The summed E-state index contributed by atoms with van der Waals surface area (Å²) in [6.45, 7) is 0. The minimum atomic E-state index is 0.139. The van der Waals surface area contributed by atoms with Crippen LogP contribution in [-0.4, -0.2) is 0 Å². The molecule has 2 heterocycles. The lowest BCUT2D eigenvalue weighted by molar-refractivity contribution is 1.75. The van der Waals surface area contributed by atoms with Crippen molar-refractivity contribution in [3.05, 3.63) is 118 Å². The van der Waals surface area contributed by atoms with E-state index in [2.05, 4.69) is 0 Å². The summed E-state index contributed by atoms with van der Waals surface area (Å²) in [4.78, 5) is 24.2. The minimum Gasteiger partial charge on any atom is -0.289 e. The second-order valence-corrected chi connectivity index (χ2v) is 9.01. The van der Waals surface area contributed by atoms with Crippen molar-refractivity contribution in [2.24, 2.45) is 0 Å². The third-order valence-corrected chi connectivity index (χ3v) is 7.27. The Balaban J connectivity index is 0.000000128. The minimum absolute atomic E-state index is 0.139. The van der Waals surface area contributed by atoms with Crippen LogP contribution in [0.15, 0.2) is 107 Å². The molecular weight excluding hydrogens is 408 g/mol. The van der Waals surface area contributed by atoms with E-state index >= 15 is 0 Å². The SMILES string of the molecule is O=c1c2ccccc2sc2ccccc12.O=c1c2ccccc2sc2ccccc12. The third-order valence-electron chi connectivity index (χ3n) is 4.97. The van der Waals surface area contributed by atoms with E-state index in [1.807, 2.05) is 97.1 Å². The van der Waals surface area contributed by atoms with Gasteiger partial charge in [-0.2, -0.15) is 0 Å². The molecule has 0 saturated heterocycles. The largest absolute Gasteiger partial charge is 0.289 e. The Morgan fingerprint density at radius 1 is 0.367 bits per heavy atom. The Kier molecular flexibility index (Phi) is 4.87. The molecule has 0 bridgehead atoms. The van der Waals surface area contributed by atoms with Crippen molar-refractivity contribution < 1.29 is 0 Å². The van der Waals surface area contributed by atoms with E-state index in [9.17, 15) is 9.59 Å². The van der Waals surface area contributed by atoms with Gasteiger partial charge in [0.15, 0.2) is 10.9 Å². The standard InChI is InChI=1S/2C13H8OS/c2*14-13-9-5-1-3-7-11(9)15-12-8-4-2-6-10(12)13/h2*1-8H. The maximum Gasteiger partial charge on any atom is 0.195 e. The zero-order chi connectivity index (χ0) is 20.5. The molecule has 0 fully saturated rings. The normalized spacial score (nSPS) is 10.9. The molecule has 2 nitrogen and oxygen atoms in total. The van der Waals surface area contributed by atoms with Gasteiger partial charge in [-0.25, -0.2) is 0 Å². The predicted octanol–water partition coefficient (Wildman–Crippen LogP) is 6.83. The molecule has 30 heavy (non-hydrogen) atoms. The molecule has 0 aliphatic carbocycles. The van der Waals surface area contributed by atoms with Crippen molar-refractivity contribution in [2.75, 3.05) is 0 Å². The van der Waals surface area contributed by atoms with Crippen LogP contribution in [0.4, 0.5) is 0 Å². The van der Waals surface area contributed by atoms with E-state index in [-0.39, 0.29) is 10.9 Å². The van der Waals surface area contributed by atoms with Gasteiger partial charge < -0.3 is 0 Å². The highest BCUT2D eigenvalue weighted by molar-refractivity contribution is 7.24. The maximum absolute atomic E-state index is 12.1. The lowest BCUT2D eigenvalue weighted by atomic mass is 10.2. The molecule has 6 aromatic rings. The molecule has 4 heteroatoms. The first-order chi connectivity index (χ1) is 14.7. The molecule has 0 spiro atoms. The van der Waals surface area contributed by atoms with E-state index in [4.69, 9.17) is 0 Å². The monoisotopic (exact) mass is 424 g/mol. The first-order valence-electron chi connectivity index (χ1n) is 9.53. The predicted molar refractivity (Wildman–Crippen MR) is 131 cm³/mol. The van der Waals surface area contributed by atoms with Gasteiger partial charge in [0, 0.05) is 40.3 Å². The average molecular weight is 425 g/mol. The van der Waals surface area contributed by atoms with E-state index in [1.54, 1.807) is 22.7 Å². The summed E-state index contributed by atoms with van der Waals surface area (Å²) in [6.07, 6.45) is 0. The molecule has 0 unspecified atom stereocenters. The summed E-state index contributed by atoms with van der Waals surface area (Å²) in [5, 5.41) is 3.28. The number of rotatable bonds is 0. The second kappa shape index (κ2) is 7.82. The van der Waals surface area contributed by atoms with Crippen LogP contribution in [0.25, 0.3) is 40.3 Å². The van der Waals surface area contributed by atoms with Crippen LogP contribution in [0.2, 0.25) is 0 Å². The van der Waals surface area contributed by atoms with Gasteiger partial charge in [0.25, 0.3) is 0 Å². The number of fused-ring (bicyclic) bond motifs is 4. The van der Waals surface area contributed by atoms with Gasteiger partial charge in [0.2, 0.25) is 0 Å². The van der Waals surface area contributed by atoms with Crippen LogP contribution >= 0.6 is 22.7 Å². The Morgan fingerprint density at radius 2 is 0.600 bits per heavy atom. The van der Waals surface area contributed by atoms with Crippen molar-refractivity contribution in [1.82, 2.24) is 0 Å². The van der Waals surface area contributed by atoms with Crippen molar-refractivity contribution in [2.45, 2.75) is 0 Å². The summed E-state index contributed by atoms with van der Waals surface area (Å²) in [7, 11) is 0. The topological polar surface area (TPSA) is 34.1 Å². The van der Waals surface area contributed by atoms with Crippen LogP contribution in [0.3, 0.4) is 0 Å². The van der Waals surface area contributed by atoms with Gasteiger partial charge in [-0.3, -0.25) is 9.59 Å². The van der Waals surface area contributed by atoms with Crippen molar-refractivity contribution in [3.63, 3.8) is 0 Å². The van der Waals surface area contributed by atoms with Gasteiger partial charge in [0.05, 0.1) is 0 Å². The maximum atomic E-state index is 12.1. The number of hydrogen-bond donors (Lipinski definition) is 0. The summed E-state index contributed by atoms with van der Waals surface area (Å²) in [6, 6.07) is 31.0. The smallest absolute Gasteiger partial charge is 0.195 e. The second-order valence-electron chi connectivity index (χ2n) is 6.85. The fraction of sp³-hybridized carbons (Fsp3) is 0. The van der Waals surface area contributed by atoms with E-state index in [0.29, 0.717) is 0 Å². The van der Waals surface area contributed by atoms with Crippen LogP contribution in [0.5, 0.6) is 0 Å². The van der Waals surface area contributed by atoms with E-state index in [1.165, 1.54) is 0 Å². The van der Waals surface area contributed by atoms with Crippen LogP contribution in [0.1, 0.15) is 0 Å². The van der Waals surface area contributed by atoms with Crippen LogP contribution < -0.4 is 10.9 Å². The lowest BCUT2D eigenvalue weighted by Gasteiger charge is -1.99. The van der Waals surface area contributed by atoms with Gasteiger partial charge in [-0.1, -0.05) is 48.5 Å². The Morgan fingerprint density at radius 3 is 0.867 bits per heavy atom. The number of hydrogen-bond acceptors (Lipinski definition) is 4. The molecular formula is C26H16O2S2. The van der Waals surface area contributed by atoms with E-state index < -0.39 is 0 Å². The fourth-order valence-electron chi connectivity index (χ4n) is 3.50. The first kappa shape index (κ1) is 18.7. The Bertz CT molecular complexity index is 1410. The summed E-state index contributed by atoms with van der Waals surface area (Å²) < 4.78 is 4.23. The highest BCUT2D eigenvalue weighted by Crippen LogP contribution is 2.24. The lowest BCUT2D eigenvalue weighted by Crippen LogP contribution is -1.99. The Labute approximate surface area is 180 Å². The van der Waals surface area contributed by atoms with Crippen molar-refractivity contribution in [3.8, 4) is 0 Å². The molecule has 4 aromatic carbocycles. The molecule has 2 aromatic heterocycles. The van der Waals surface area contributed by atoms with Gasteiger partial charge in [0.1, 0.15) is 0 Å². The Hall–Kier alpha value is -3.34. The highest BCUT2D eigenvalue weighted by atomic mass is 32.1. The number of benzene rings is 4. The summed E-state index contributed by atoms with van der Waals surface area (Å²) in [5.41, 5.74) is 0.278. The van der Waals surface area contributed by atoms with Crippen molar-refractivity contribution in [1.29, 1.82) is 0 Å². The quantitative estimate of drug-likeness (QED) is 0.250. The molecule has 0 atom stereocenters. The molecule has 0 aliphatic heterocycles. The van der Waals surface area contributed by atoms with Crippen LogP contribution in [-0.2, 0) is 0 Å². The summed E-state index contributed by atoms with van der Waals surface area (Å²) >= 11 is 3.33. The molecule has 0 saturated carbocycles. The molecule has 6 rings (SSSR count). The average Bonchev–Trinajstić information content (AvgIpc) is 2.80. The van der Waals surface area contributed by atoms with Crippen LogP contribution in [0, 0.1) is 0 Å². The highest BCUT2D eigenvalue weighted by Gasteiger charge is 2.04. The molecule has 0 radical (unpaired) electrons. The third kappa shape index (κ3) is 3.30. The van der Waals surface area contributed by atoms with Gasteiger partial charge in [-0.05, 0) is 48.5 Å². The zero-order valence-electron chi connectivity index (χ0n) is 15.9. The molecule has 0 N–H and O–H groups in total. The van der Waals surface area contributed by atoms with Crippen molar-refractivity contribution >= 4 is 63.0 Å². The summed E-state index contributed by atoms with van der Waals surface area (Å²) in [5.74, 6) is 0. The zero-order valence-corrected chi connectivity index (χ0v) is 17.5. The fourth-order valence-corrected chi connectivity index (χ4v) is 5.64. The van der Waals surface area contributed by atoms with Gasteiger partial charge >= 0.3 is 0 Å².